The number of aliphatic imine (C=N–C) groups is 1. The van der Waals surface area contributed by atoms with Gasteiger partial charge in [0.2, 0.25) is 5.91 Å². The number of anilines is 1. The monoisotopic (exact) mass is 577 g/mol. The Labute approximate surface area is 220 Å². The molecule has 0 saturated carbocycles. The van der Waals surface area contributed by atoms with E-state index in [-0.39, 0.29) is 29.9 Å². The molecule has 0 atom stereocenters. The summed E-state index contributed by atoms with van der Waals surface area (Å²) < 4.78 is 5.38. The smallest absolute Gasteiger partial charge is 0.222 e. The van der Waals surface area contributed by atoms with Gasteiger partial charge in [0, 0.05) is 64.0 Å². The van der Waals surface area contributed by atoms with E-state index in [1.54, 1.807) is 7.11 Å². The maximum Gasteiger partial charge on any atom is 0.222 e. The van der Waals surface area contributed by atoms with Crippen LogP contribution in [0.1, 0.15) is 30.9 Å². The Hall–Kier alpha value is -2.49. The van der Waals surface area contributed by atoms with E-state index in [0.29, 0.717) is 19.5 Å². The first-order valence-electron chi connectivity index (χ1n) is 11.9. The van der Waals surface area contributed by atoms with E-state index < -0.39 is 0 Å². The van der Waals surface area contributed by atoms with E-state index in [9.17, 15) is 4.79 Å². The molecule has 0 aliphatic carbocycles. The van der Waals surface area contributed by atoms with Crippen molar-refractivity contribution in [3.8, 4) is 5.75 Å². The Bertz CT molecular complexity index is 975. The predicted octanol–water partition coefficient (Wildman–Crippen LogP) is 3.72. The Morgan fingerprint density at radius 2 is 1.79 bits per heavy atom. The number of carbonyl (C=O) groups is 1. The molecular weight excluding hydrogens is 541 g/mol. The number of guanidine groups is 1. The van der Waals surface area contributed by atoms with Crippen LogP contribution in [-0.4, -0.2) is 68.0 Å². The van der Waals surface area contributed by atoms with Crippen LogP contribution in [0.3, 0.4) is 0 Å². The van der Waals surface area contributed by atoms with Crippen molar-refractivity contribution in [1.82, 2.24) is 15.1 Å². The number of hydrogen-bond donors (Lipinski definition) is 1. The van der Waals surface area contributed by atoms with Gasteiger partial charge in [-0.05, 0) is 36.6 Å². The van der Waals surface area contributed by atoms with Crippen molar-refractivity contribution >= 4 is 41.5 Å². The first kappa shape index (κ1) is 26.1. The fourth-order valence-corrected chi connectivity index (χ4v) is 4.49. The highest BCUT2D eigenvalue weighted by Crippen LogP contribution is 2.22. The van der Waals surface area contributed by atoms with Crippen LogP contribution in [0.5, 0.6) is 5.75 Å². The third-order valence-electron chi connectivity index (χ3n) is 6.28. The molecule has 4 rings (SSSR count). The zero-order chi connectivity index (χ0) is 23.0. The van der Waals surface area contributed by atoms with Gasteiger partial charge in [0.15, 0.2) is 5.96 Å². The molecule has 1 amide bonds. The molecule has 1 N–H and O–H groups in total. The maximum absolute atomic E-state index is 12.0. The first-order valence-corrected chi connectivity index (χ1v) is 11.9. The molecule has 0 spiro atoms. The number of halogens is 1. The van der Waals surface area contributed by atoms with Gasteiger partial charge in [0.25, 0.3) is 0 Å². The van der Waals surface area contributed by atoms with Crippen molar-refractivity contribution in [1.29, 1.82) is 0 Å². The number of ether oxygens (including phenoxy) is 1. The van der Waals surface area contributed by atoms with Crippen molar-refractivity contribution in [2.24, 2.45) is 4.99 Å². The van der Waals surface area contributed by atoms with Crippen LogP contribution in [0.2, 0.25) is 0 Å². The predicted molar refractivity (Wildman–Crippen MR) is 148 cm³/mol. The normalized spacial score (nSPS) is 16.5. The summed E-state index contributed by atoms with van der Waals surface area (Å²) in [5, 5.41) is 3.46. The number of nitrogens with zero attached hydrogens (tertiary/aromatic N) is 4. The maximum atomic E-state index is 12.0. The highest BCUT2D eigenvalue weighted by molar-refractivity contribution is 14.0. The average Bonchev–Trinajstić information content (AvgIpc) is 3.26. The summed E-state index contributed by atoms with van der Waals surface area (Å²) in [6, 6.07) is 16.7. The molecule has 0 bridgehead atoms. The number of rotatable bonds is 7. The average molecular weight is 578 g/mol. The molecule has 0 unspecified atom stereocenters. The summed E-state index contributed by atoms with van der Waals surface area (Å²) in [5.41, 5.74) is 3.55. The van der Waals surface area contributed by atoms with E-state index in [2.05, 4.69) is 58.4 Å². The second-order valence-electron chi connectivity index (χ2n) is 8.58. The molecule has 2 aromatic rings. The van der Waals surface area contributed by atoms with Crippen molar-refractivity contribution in [2.45, 2.75) is 32.9 Å². The van der Waals surface area contributed by atoms with E-state index in [1.807, 2.05) is 17.0 Å². The van der Waals surface area contributed by atoms with Crippen molar-refractivity contribution in [3.05, 3.63) is 59.7 Å². The quantitative estimate of drug-likeness (QED) is 0.309. The lowest BCUT2D eigenvalue weighted by Crippen LogP contribution is -2.52. The minimum Gasteiger partial charge on any atom is -0.497 e. The molecule has 0 aromatic heterocycles. The van der Waals surface area contributed by atoms with E-state index in [0.717, 1.165) is 57.4 Å². The molecule has 34 heavy (non-hydrogen) atoms. The van der Waals surface area contributed by atoms with Gasteiger partial charge in [-0.2, -0.15) is 0 Å². The van der Waals surface area contributed by atoms with Gasteiger partial charge in [-0.1, -0.05) is 30.3 Å². The molecule has 2 aromatic carbocycles. The summed E-state index contributed by atoms with van der Waals surface area (Å²) in [5.74, 6) is 2.12. The third kappa shape index (κ3) is 6.77. The van der Waals surface area contributed by atoms with Gasteiger partial charge in [0.05, 0.1) is 13.7 Å². The van der Waals surface area contributed by atoms with Crippen LogP contribution in [-0.2, 0) is 17.9 Å². The fraction of sp³-hybridized carbons (Fsp3) is 0.462. The van der Waals surface area contributed by atoms with Crippen LogP contribution in [0, 0.1) is 0 Å². The number of nitrogens with one attached hydrogen (secondary N) is 1. The third-order valence-corrected chi connectivity index (χ3v) is 6.28. The summed E-state index contributed by atoms with van der Waals surface area (Å²) in [6.07, 6.45) is 1.65. The molecule has 2 heterocycles. The highest BCUT2D eigenvalue weighted by Gasteiger charge is 2.21. The van der Waals surface area contributed by atoms with E-state index in [1.165, 1.54) is 16.8 Å². The van der Waals surface area contributed by atoms with E-state index in [4.69, 9.17) is 9.73 Å². The molecule has 184 valence electrons. The summed E-state index contributed by atoms with van der Waals surface area (Å²) in [6.45, 7) is 8.85. The molecule has 2 aliphatic rings. The molecule has 0 radical (unpaired) electrons. The van der Waals surface area contributed by atoms with Gasteiger partial charge in [-0.25, -0.2) is 4.99 Å². The second-order valence-corrected chi connectivity index (χ2v) is 8.58. The second kappa shape index (κ2) is 12.8. The van der Waals surface area contributed by atoms with Gasteiger partial charge in [0.1, 0.15) is 5.75 Å². The van der Waals surface area contributed by atoms with Crippen LogP contribution in [0.4, 0.5) is 5.69 Å². The zero-order valence-electron chi connectivity index (χ0n) is 20.2. The highest BCUT2D eigenvalue weighted by atomic mass is 127. The zero-order valence-corrected chi connectivity index (χ0v) is 22.5. The molecule has 2 aliphatic heterocycles. The van der Waals surface area contributed by atoms with Crippen molar-refractivity contribution < 1.29 is 9.53 Å². The van der Waals surface area contributed by atoms with Crippen LogP contribution in [0.25, 0.3) is 0 Å². The SMILES string of the molecule is CCNC(=NCc1cccc(CN2CCCC2=O)c1)N1CCN(c2cccc(OC)c2)CC1.I. The molecule has 8 heteroatoms. The topological polar surface area (TPSA) is 60.4 Å². The summed E-state index contributed by atoms with van der Waals surface area (Å²) >= 11 is 0. The summed E-state index contributed by atoms with van der Waals surface area (Å²) in [7, 11) is 1.71. The number of carbonyl (C=O) groups excluding carboxylic acids is 1. The largest absolute Gasteiger partial charge is 0.497 e. The number of benzene rings is 2. The van der Waals surface area contributed by atoms with Crippen LogP contribution < -0.4 is 15.0 Å². The number of piperazine rings is 1. The Balaban J connectivity index is 0.00000324. The summed E-state index contributed by atoms with van der Waals surface area (Å²) in [4.78, 5) is 23.6. The van der Waals surface area contributed by atoms with Gasteiger partial charge >= 0.3 is 0 Å². The van der Waals surface area contributed by atoms with E-state index >= 15 is 0 Å². The Morgan fingerprint density at radius 1 is 1.03 bits per heavy atom. The minimum absolute atomic E-state index is 0. The molecular formula is C26H36IN5O2. The van der Waals surface area contributed by atoms with Crippen LogP contribution >= 0.6 is 24.0 Å². The molecule has 2 fully saturated rings. The fourth-order valence-electron chi connectivity index (χ4n) is 4.49. The van der Waals surface area contributed by atoms with Gasteiger partial charge in [-0.3, -0.25) is 4.79 Å². The standard InChI is InChI=1S/C26H35N5O2.HI/c1-3-27-26(30-15-13-29(14-16-30)23-9-5-10-24(18-23)33-2)28-19-21-7-4-8-22(17-21)20-31-12-6-11-25(31)32;/h4-5,7-10,17-18H,3,6,11-16,19-20H2,1-2H3,(H,27,28);1H. The molecule has 2 saturated heterocycles. The Morgan fingerprint density at radius 3 is 2.50 bits per heavy atom. The molecule has 7 nitrogen and oxygen atoms in total. The lowest BCUT2D eigenvalue weighted by molar-refractivity contribution is -0.128. The van der Waals surface area contributed by atoms with Gasteiger partial charge < -0.3 is 24.8 Å². The van der Waals surface area contributed by atoms with Crippen LogP contribution in [0.15, 0.2) is 53.5 Å². The number of methoxy groups -OCH3 is 1. The first-order chi connectivity index (χ1) is 16.2. The lowest BCUT2D eigenvalue weighted by atomic mass is 10.1. The minimum atomic E-state index is 0. The van der Waals surface area contributed by atoms with Crippen molar-refractivity contribution in [2.75, 3.05) is 51.3 Å². The number of amides is 1. The van der Waals surface area contributed by atoms with Crippen molar-refractivity contribution in [3.63, 3.8) is 0 Å². The number of hydrogen-bond acceptors (Lipinski definition) is 4. The van der Waals surface area contributed by atoms with Gasteiger partial charge in [-0.15, -0.1) is 24.0 Å². The number of likely N-dealkylation sites (tertiary alicyclic amines) is 1. The lowest BCUT2D eigenvalue weighted by Gasteiger charge is -2.37. The Kier molecular flexibility index (Phi) is 9.86.